The summed E-state index contributed by atoms with van der Waals surface area (Å²) < 4.78 is 21.6. The number of benzene rings is 3. The van der Waals surface area contributed by atoms with Crippen LogP contribution in [-0.2, 0) is 0 Å². The number of nitrogens with zero attached hydrogens (tertiary/aromatic N) is 2. The molecule has 0 bridgehead atoms. The second-order valence-electron chi connectivity index (χ2n) is 7.11. The number of carbonyl (C=O) groups excluding carboxylic acids is 1. The molecule has 172 valence electrons. The minimum Gasteiger partial charge on any atom is -0.497 e. The van der Waals surface area contributed by atoms with Crippen LogP contribution in [-0.4, -0.2) is 37.4 Å². The molecule has 34 heavy (non-hydrogen) atoms. The first-order chi connectivity index (χ1) is 16.6. The number of hydrogen-bond donors (Lipinski definition) is 1. The van der Waals surface area contributed by atoms with Crippen LogP contribution in [0.2, 0.25) is 0 Å². The summed E-state index contributed by atoms with van der Waals surface area (Å²) in [4.78, 5) is 12.9. The van der Waals surface area contributed by atoms with Crippen LogP contribution >= 0.6 is 0 Å². The van der Waals surface area contributed by atoms with Crippen LogP contribution in [0.5, 0.6) is 28.9 Å². The lowest BCUT2D eigenvalue weighted by Gasteiger charge is -2.12. The van der Waals surface area contributed by atoms with Crippen LogP contribution in [0, 0.1) is 0 Å². The van der Waals surface area contributed by atoms with Gasteiger partial charge >= 0.3 is 0 Å². The van der Waals surface area contributed by atoms with Gasteiger partial charge in [0.15, 0.2) is 11.5 Å². The third-order valence-electron chi connectivity index (χ3n) is 5.00. The van der Waals surface area contributed by atoms with Crippen molar-refractivity contribution < 1.29 is 23.7 Å². The third-order valence-corrected chi connectivity index (χ3v) is 5.00. The molecule has 0 aliphatic carbocycles. The van der Waals surface area contributed by atoms with E-state index in [0.29, 0.717) is 45.8 Å². The number of nitrogens with one attached hydrogen (secondary N) is 1. The lowest BCUT2D eigenvalue weighted by atomic mass is 10.1. The molecule has 1 N–H and O–H groups in total. The van der Waals surface area contributed by atoms with Crippen molar-refractivity contribution in [2.75, 3.05) is 26.6 Å². The summed E-state index contributed by atoms with van der Waals surface area (Å²) in [6, 6.07) is 23.1. The number of methoxy groups -OCH3 is 3. The van der Waals surface area contributed by atoms with E-state index >= 15 is 0 Å². The highest BCUT2D eigenvalue weighted by molar-refractivity contribution is 6.05. The second kappa shape index (κ2) is 10.4. The van der Waals surface area contributed by atoms with Crippen LogP contribution in [0.3, 0.4) is 0 Å². The summed E-state index contributed by atoms with van der Waals surface area (Å²) in [6.07, 6.45) is 0. The van der Waals surface area contributed by atoms with Gasteiger partial charge in [-0.2, -0.15) is 0 Å². The van der Waals surface area contributed by atoms with Crippen molar-refractivity contribution in [2.24, 2.45) is 0 Å². The molecule has 8 heteroatoms. The zero-order valence-electron chi connectivity index (χ0n) is 18.9. The Labute approximate surface area is 197 Å². The lowest BCUT2D eigenvalue weighted by molar-refractivity contribution is 0.102. The highest BCUT2D eigenvalue weighted by atomic mass is 16.5. The summed E-state index contributed by atoms with van der Waals surface area (Å²) >= 11 is 0. The molecule has 0 saturated carbocycles. The molecule has 8 nitrogen and oxygen atoms in total. The van der Waals surface area contributed by atoms with Gasteiger partial charge in [0.05, 0.1) is 32.7 Å². The summed E-state index contributed by atoms with van der Waals surface area (Å²) in [5.74, 6) is 2.32. The minimum absolute atomic E-state index is 0.283. The molecule has 0 unspecified atom stereocenters. The summed E-state index contributed by atoms with van der Waals surface area (Å²) in [5.41, 5.74) is 2.34. The van der Waals surface area contributed by atoms with E-state index in [4.69, 9.17) is 18.9 Å². The molecule has 0 aliphatic rings. The number of carbonyl (C=O) groups is 1. The van der Waals surface area contributed by atoms with Gasteiger partial charge in [0.1, 0.15) is 11.5 Å². The number of hydrogen-bond acceptors (Lipinski definition) is 7. The van der Waals surface area contributed by atoms with Gasteiger partial charge in [-0.25, -0.2) is 0 Å². The van der Waals surface area contributed by atoms with Gasteiger partial charge in [-0.15, -0.1) is 10.2 Å². The summed E-state index contributed by atoms with van der Waals surface area (Å²) in [6.45, 7) is 0. The van der Waals surface area contributed by atoms with E-state index in [1.54, 1.807) is 74.9 Å². The van der Waals surface area contributed by atoms with Crippen molar-refractivity contribution in [3.8, 4) is 40.1 Å². The van der Waals surface area contributed by atoms with E-state index in [-0.39, 0.29) is 5.91 Å². The van der Waals surface area contributed by atoms with E-state index in [0.717, 1.165) is 5.56 Å². The molecule has 0 aliphatic heterocycles. The first-order valence-electron chi connectivity index (χ1n) is 10.4. The Morgan fingerprint density at radius 1 is 0.735 bits per heavy atom. The van der Waals surface area contributed by atoms with E-state index in [1.807, 2.05) is 18.2 Å². The molecule has 0 fully saturated rings. The molecule has 3 aromatic carbocycles. The minimum atomic E-state index is -0.283. The maximum absolute atomic E-state index is 12.9. The van der Waals surface area contributed by atoms with Gasteiger partial charge in [0, 0.05) is 23.3 Å². The summed E-state index contributed by atoms with van der Waals surface area (Å²) in [7, 11) is 4.68. The standard InChI is InChI=1S/C26H23N3O5/c1-31-19-11-12-21(24(16-19)33-3)27-26(30)18-8-6-7-17(15-18)20-13-14-25(29-28-20)34-23-10-5-4-9-22(23)32-2/h4-16H,1-3H3,(H,27,30). The van der Waals surface area contributed by atoms with Crippen molar-refractivity contribution in [1.29, 1.82) is 0 Å². The van der Waals surface area contributed by atoms with Crippen LogP contribution in [0.25, 0.3) is 11.3 Å². The van der Waals surface area contributed by atoms with Gasteiger partial charge in [0.2, 0.25) is 5.88 Å². The van der Waals surface area contributed by atoms with Crippen LogP contribution in [0.4, 0.5) is 5.69 Å². The van der Waals surface area contributed by atoms with E-state index in [2.05, 4.69) is 15.5 Å². The zero-order valence-corrected chi connectivity index (χ0v) is 18.9. The number of rotatable bonds is 8. The summed E-state index contributed by atoms with van der Waals surface area (Å²) in [5, 5.41) is 11.3. The molecule has 0 spiro atoms. The number of para-hydroxylation sites is 2. The van der Waals surface area contributed by atoms with Gasteiger partial charge in [-0.1, -0.05) is 24.3 Å². The van der Waals surface area contributed by atoms with E-state index < -0.39 is 0 Å². The Morgan fingerprint density at radius 2 is 1.53 bits per heavy atom. The van der Waals surface area contributed by atoms with Crippen molar-refractivity contribution >= 4 is 11.6 Å². The third kappa shape index (κ3) is 5.07. The van der Waals surface area contributed by atoms with Crippen LogP contribution in [0.1, 0.15) is 10.4 Å². The number of ether oxygens (including phenoxy) is 4. The number of amides is 1. The first-order valence-corrected chi connectivity index (χ1v) is 10.4. The fraction of sp³-hybridized carbons (Fsp3) is 0.115. The fourth-order valence-corrected chi connectivity index (χ4v) is 3.26. The van der Waals surface area contributed by atoms with E-state index in [1.165, 1.54) is 7.11 Å². The lowest BCUT2D eigenvalue weighted by Crippen LogP contribution is -2.12. The predicted molar refractivity (Wildman–Crippen MR) is 128 cm³/mol. The zero-order chi connectivity index (χ0) is 23.9. The average molecular weight is 457 g/mol. The molecule has 4 aromatic rings. The maximum Gasteiger partial charge on any atom is 0.255 e. The maximum atomic E-state index is 12.9. The van der Waals surface area contributed by atoms with Crippen molar-refractivity contribution in [3.05, 3.63) is 84.4 Å². The number of aromatic nitrogens is 2. The predicted octanol–water partition coefficient (Wildman–Crippen LogP) is 5.21. The largest absolute Gasteiger partial charge is 0.497 e. The molecule has 4 rings (SSSR count). The molecule has 0 saturated heterocycles. The van der Waals surface area contributed by atoms with Gasteiger partial charge < -0.3 is 24.3 Å². The van der Waals surface area contributed by atoms with Crippen molar-refractivity contribution in [1.82, 2.24) is 10.2 Å². The second-order valence-corrected chi connectivity index (χ2v) is 7.11. The van der Waals surface area contributed by atoms with Crippen molar-refractivity contribution in [2.45, 2.75) is 0 Å². The Balaban J connectivity index is 1.50. The van der Waals surface area contributed by atoms with Gasteiger partial charge in [-0.3, -0.25) is 4.79 Å². The van der Waals surface area contributed by atoms with Crippen LogP contribution < -0.4 is 24.3 Å². The van der Waals surface area contributed by atoms with Gasteiger partial charge in [0.25, 0.3) is 5.91 Å². The molecular formula is C26H23N3O5. The molecule has 0 atom stereocenters. The SMILES string of the molecule is COc1ccc(NC(=O)c2cccc(-c3ccc(Oc4ccccc4OC)nn3)c2)c(OC)c1. The van der Waals surface area contributed by atoms with Gasteiger partial charge in [-0.05, 0) is 42.5 Å². The highest BCUT2D eigenvalue weighted by Crippen LogP contribution is 2.31. The Bertz CT molecular complexity index is 1290. The Kier molecular flexibility index (Phi) is 6.88. The van der Waals surface area contributed by atoms with Crippen LogP contribution in [0.15, 0.2) is 78.9 Å². The normalized spacial score (nSPS) is 10.3. The fourth-order valence-electron chi connectivity index (χ4n) is 3.26. The highest BCUT2D eigenvalue weighted by Gasteiger charge is 2.13. The Morgan fingerprint density at radius 3 is 2.24 bits per heavy atom. The first kappa shape index (κ1) is 22.6. The molecule has 1 aromatic heterocycles. The van der Waals surface area contributed by atoms with Crippen molar-refractivity contribution in [3.63, 3.8) is 0 Å². The quantitative estimate of drug-likeness (QED) is 0.388. The smallest absolute Gasteiger partial charge is 0.255 e. The molecule has 1 amide bonds. The Hall–Kier alpha value is -4.59. The molecule has 0 radical (unpaired) electrons. The number of anilines is 1. The molecular weight excluding hydrogens is 434 g/mol. The molecule has 1 heterocycles. The average Bonchev–Trinajstić information content (AvgIpc) is 2.89. The topological polar surface area (TPSA) is 91.8 Å². The monoisotopic (exact) mass is 457 g/mol. The van der Waals surface area contributed by atoms with E-state index in [9.17, 15) is 4.79 Å².